The molecular formula is C33H42N8O4. The number of aliphatic imine (C=N–C) groups is 2. The molecular weight excluding hydrogens is 572 g/mol. The van der Waals surface area contributed by atoms with E-state index in [4.69, 9.17) is 9.47 Å². The molecule has 2 amide bonds. The molecule has 1 aromatic carbocycles. The highest BCUT2D eigenvalue weighted by atomic mass is 16.6. The summed E-state index contributed by atoms with van der Waals surface area (Å²) in [6.07, 6.45) is 5.70. The fourth-order valence-electron chi connectivity index (χ4n) is 4.97. The SMILES string of the molecule is C=N/C(=N\C=C(/C)c1cc(NC[C@@H](C)c2cccc3c(C(=O)NC)ccnc23)ncn1)OC1CCCN(C(=O)OC(C)(C)C)C1. The maximum atomic E-state index is 12.5. The molecule has 3 aromatic rings. The third-order valence-corrected chi connectivity index (χ3v) is 7.27. The van der Waals surface area contributed by atoms with Crippen molar-refractivity contribution in [3.63, 3.8) is 0 Å². The summed E-state index contributed by atoms with van der Waals surface area (Å²) in [7, 11) is 1.62. The maximum absolute atomic E-state index is 12.5. The van der Waals surface area contributed by atoms with Crippen LogP contribution in [0.25, 0.3) is 16.5 Å². The summed E-state index contributed by atoms with van der Waals surface area (Å²) in [5.41, 5.74) is 3.32. The fourth-order valence-corrected chi connectivity index (χ4v) is 4.97. The van der Waals surface area contributed by atoms with Crippen LogP contribution in [-0.4, -0.2) is 83.0 Å². The topological polar surface area (TPSA) is 143 Å². The number of pyridine rings is 1. The molecule has 0 radical (unpaired) electrons. The molecule has 1 unspecified atom stereocenters. The Balaban J connectivity index is 1.40. The number of nitrogens with one attached hydrogen (secondary N) is 2. The molecule has 0 bridgehead atoms. The standard InChI is InChI=1S/C33H42N8O4/c1-21(24-11-8-12-25-26(30(42)34-6)13-14-36-29(24)25)17-37-28-16-27(39-20-40-28)22(2)18-38-31(35-7)44-23-10-9-15-41(19-23)32(43)45-33(3,4)5/h8,11-14,16,18,20-21,23H,7,9-10,15,17,19H2,1-6H3,(H,34,42)(H,37,39,40)/b22-18+,38-31+/t21-,23?/m1/s1. The number of hydrogen-bond donors (Lipinski definition) is 2. The Hall–Kier alpha value is -4.87. The normalized spacial score (nSPS) is 16.6. The van der Waals surface area contributed by atoms with Crippen LogP contribution in [0.4, 0.5) is 10.6 Å². The molecule has 12 nitrogen and oxygen atoms in total. The number of piperidine rings is 1. The van der Waals surface area contributed by atoms with E-state index in [0.29, 0.717) is 36.7 Å². The van der Waals surface area contributed by atoms with Gasteiger partial charge in [-0.05, 0) is 64.5 Å². The third kappa shape index (κ3) is 8.84. The van der Waals surface area contributed by atoms with Crippen molar-refractivity contribution in [2.75, 3.05) is 32.0 Å². The second-order valence-electron chi connectivity index (χ2n) is 11.9. The molecule has 3 heterocycles. The van der Waals surface area contributed by atoms with Gasteiger partial charge in [0.1, 0.15) is 23.9 Å². The van der Waals surface area contributed by atoms with E-state index in [2.05, 4.69) is 49.2 Å². The van der Waals surface area contributed by atoms with Gasteiger partial charge in [0, 0.05) is 49.9 Å². The highest BCUT2D eigenvalue weighted by Crippen LogP contribution is 2.27. The molecule has 1 saturated heterocycles. The molecule has 4 rings (SSSR count). The highest BCUT2D eigenvalue weighted by molar-refractivity contribution is 6.06. The van der Waals surface area contributed by atoms with Crippen LogP contribution in [0, 0.1) is 0 Å². The number of benzene rings is 1. The Morgan fingerprint density at radius 3 is 2.76 bits per heavy atom. The number of amides is 2. The molecule has 12 heteroatoms. The van der Waals surface area contributed by atoms with Gasteiger partial charge in [-0.25, -0.2) is 24.7 Å². The Bertz CT molecular complexity index is 1600. The first-order chi connectivity index (χ1) is 21.5. The molecule has 2 aromatic heterocycles. The lowest BCUT2D eigenvalue weighted by Gasteiger charge is -2.33. The number of allylic oxidation sites excluding steroid dienone is 1. The van der Waals surface area contributed by atoms with Crippen molar-refractivity contribution in [1.82, 2.24) is 25.2 Å². The number of carbonyl (C=O) groups excluding carboxylic acids is 2. The van der Waals surface area contributed by atoms with E-state index in [1.165, 1.54) is 6.33 Å². The van der Waals surface area contributed by atoms with Gasteiger partial charge in [-0.1, -0.05) is 25.1 Å². The molecule has 0 spiro atoms. The summed E-state index contributed by atoms with van der Waals surface area (Å²) in [5.74, 6) is 0.587. The zero-order valence-electron chi connectivity index (χ0n) is 26.8. The summed E-state index contributed by atoms with van der Waals surface area (Å²) >= 11 is 0. The Labute approximate surface area is 264 Å². The second-order valence-corrected chi connectivity index (χ2v) is 11.9. The van der Waals surface area contributed by atoms with E-state index in [-0.39, 0.29) is 30.0 Å². The molecule has 238 valence electrons. The predicted molar refractivity (Wildman–Crippen MR) is 177 cm³/mol. The molecule has 2 N–H and O–H groups in total. The number of amidine groups is 1. The fraction of sp³-hybridized carbons (Fsp3) is 0.424. The Kier molecular flexibility index (Phi) is 10.8. The van der Waals surface area contributed by atoms with Gasteiger partial charge < -0.3 is 25.0 Å². The minimum Gasteiger partial charge on any atom is -0.458 e. The first-order valence-corrected chi connectivity index (χ1v) is 15.0. The summed E-state index contributed by atoms with van der Waals surface area (Å²) in [5, 5.41) is 6.90. The average molecular weight is 615 g/mol. The number of aromatic nitrogens is 3. The number of likely N-dealkylation sites (tertiary alicyclic amines) is 1. The van der Waals surface area contributed by atoms with Crippen molar-refractivity contribution in [1.29, 1.82) is 0 Å². The van der Waals surface area contributed by atoms with Gasteiger partial charge in [-0.15, -0.1) is 0 Å². The summed E-state index contributed by atoms with van der Waals surface area (Å²) in [4.78, 5) is 48.2. The minimum absolute atomic E-state index is 0.0743. The van der Waals surface area contributed by atoms with Gasteiger partial charge in [-0.3, -0.25) is 9.78 Å². The Morgan fingerprint density at radius 2 is 2.02 bits per heavy atom. The summed E-state index contributed by atoms with van der Waals surface area (Å²) in [6.45, 7) is 14.7. The van der Waals surface area contributed by atoms with Crippen LogP contribution in [-0.2, 0) is 9.47 Å². The number of carbonyl (C=O) groups is 2. The van der Waals surface area contributed by atoms with E-state index in [1.807, 2.05) is 52.0 Å². The second kappa shape index (κ2) is 14.7. The van der Waals surface area contributed by atoms with Gasteiger partial charge in [-0.2, -0.15) is 0 Å². The van der Waals surface area contributed by atoms with E-state index in [1.54, 1.807) is 30.4 Å². The number of nitrogens with zero attached hydrogens (tertiary/aromatic N) is 6. The van der Waals surface area contributed by atoms with Gasteiger partial charge in [0.25, 0.3) is 5.91 Å². The van der Waals surface area contributed by atoms with E-state index in [9.17, 15) is 9.59 Å². The molecule has 1 fully saturated rings. The van der Waals surface area contributed by atoms with Crippen molar-refractivity contribution < 1.29 is 19.1 Å². The molecule has 1 aliphatic rings. The molecule has 0 saturated carbocycles. The summed E-state index contributed by atoms with van der Waals surface area (Å²) < 4.78 is 11.5. The van der Waals surface area contributed by atoms with Crippen LogP contribution in [0.2, 0.25) is 0 Å². The van der Waals surface area contributed by atoms with Crippen LogP contribution in [0.1, 0.15) is 75.0 Å². The number of rotatable bonds is 8. The number of para-hydroxylation sites is 1. The molecule has 0 aliphatic carbocycles. The van der Waals surface area contributed by atoms with Gasteiger partial charge >= 0.3 is 12.1 Å². The minimum atomic E-state index is -0.565. The van der Waals surface area contributed by atoms with Gasteiger partial charge in [0.05, 0.1) is 23.3 Å². The maximum Gasteiger partial charge on any atom is 0.410 e. The van der Waals surface area contributed by atoms with Crippen LogP contribution in [0.15, 0.2) is 59.0 Å². The number of hydrogen-bond acceptors (Lipinski definition) is 9. The lowest BCUT2D eigenvalue weighted by Crippen LogP contribution is -2.45. The van der Waals surface area contributed by atoms with Crippen LogP contribution in [0.5, 0.6) is 0 Å². The van der Waals surface area contributed by atoms with Gasteiger partial charge in [0.15, 0.2) is 0 Å². The van der Waals surface area contributed by atoms with Crippen molar-refractivity contribution in [2.45, 2.75) is 65.1 Å². The molecule has 45 heavy (non-hydrogen) atoms. The van der Waals surface area contributed by atoms with Gasteiger partial charge in [0.2, 0.25) is 0 Å². The van der Waals surface area contributed by atoms with Crippen LogP contribution >= 0.6 is 0 Å². The lowest BCUT2D eigenvalue weighted by molar-refractivity contribution is 0.00590. The number of fused-ring (bicyclic) bond motifs is 1. The largest absolute Gasteiger partial charge is 0.458 e. The Morgan fingerprint density at radius 1 is 1.22 bits per heavy atom. The van der Waals surface area contributed by atoms with E-state index in [0.717, 1.165) is 34.9 Å². The smallest absolute Gasteiger partial charge is 0.410 e. The average Bonchev–Trinajstić information content (AvgIpc) is 3.03. The molecule has 1 aliphatic heterocycles. The first kappa shape index (κ1) is 33.0. The quantitative estimate of drug-likeness (QED) is 0.252. The zero-order valence-corrected chi connectivity index (χ0v) is 26.8. The highest BCUT2D eigenvalue weighted by Gasteiger charge is 2.29. The van der Waals surface area contributed by atoms with Crippen LogP contribution in [0.3, 0.4) is 0 Å². The van der Waals surface area contributed by atoms with E-state index < -0.39 is 5.60 Å². The molecule has 2 atom stereocenters. The van der Waals surface area contributed by atoms with E-state index >= 15 is 0 Å². The van der Waals surface area contributed by atoms with Crippen LogP contribution < -0.4 is 10.6 Å². The predicted octanol–water partition coefficient (Wildman–Crippen LogP) is 5.43. The van der Waals surface area contributed by atoms with Crippen molar-refractivity contribution >= 4 is 47.0 Å². The summed E-state index contributed by atoms with van der Waals surface area (Å²) in [6, 6.07) is 9.59. The third-order valence-electron chi connectivity index (χ3n) is 7.27. The first-order valence-electron chi connectivity index (χ1n) is 15.0. The van der Waals surface area contributed by atoms with Crippen molar-refractivity contribution in [3.05, 3.63) is 65.9 Å². The number of anilines is 1. The zero-order chi connectivity index (χ0) is 32.6. The van der Waals surface area contributed by atoms with Crippen molar-refractivity contribution in [2.24, 2.45) is 9.98 Å². The lowest BCUT2D eigenvalue weighted by atomic mass is 9.96. The number of ether oxygens (including phenoxy) is 2. The van der Waals surface area contributed by atoms with Crippen molar-refractivity contribution in [3.8, 4) is 0 Å². The monoisotopic (exact) mass is 614 g/mol.